The lowest BCUT2D eigenvalue weighted by Crippen LogP contribution is -2.27. The van der Waals surface area contributed by atoms with Gasteiger partial charge in [0.15, 0.2) is 11.7 Å². The first-order valence-corrected chi connectivity index (χ1v) is 8.79. The number of hydrogen-bond acceptors (Lipinski definition) is 4. The summed E-state index contributed by atoms with van der Waals surface area (Å²) in [5, 5.41) is 7.71. The molecule has 0 unspecified atom stereocenters. The molecule has 1 aliphatic heterocycles. The van der Waals surface area contributed by atoms with E-state index in [9.17, 15) is 9.59 Å². The van der Waals surface area contributed by atoms with Gasteiger partial charge in [0.05, 0.1) is 16.5 Å². The van der Waals surface area contributed by atoms with E-state index in [4.69, 9.17) is 0 Å². The molecule has 28 heavy (non-hydrogen) atoms. The quantitative estimate of drug-likeness (QED) is 0.592. The van der Waals surface area contributed by atoms with Crippen molar-refractivity contribution < 1.29 is 4.79 Å². The van der Waals surface area contributed by atoms with Gasteiger partial charge in [-0.05, 0) is 18.2 Å². The predicted octanol–water partition coefficient (Wildman–Crippen LogP) is 3.02. The highest BCUT2D eigenvalue weighted by molar-refractivity contribution is 6.23. The number of para-hydroxylation sites is 1. The first kappa shape index (κ1) is 16.1. The van der Waals surface area contributed by atoms with Crippen molar-refractivity contribution in [1.82, 2.24) is 15.0 Å². The normalized spacial score (nSPS) is 14.3. The SMILES string of the molecule is O=C1N/C(=N\n2c(-c3ccccc3)nc3ccccc3c2=O)c2ccccc21. The summed E-state index contributed by atoms with van der Waals surface area (Å²) in [6.45, 7) is 0. The number of benzene rings is 3. The van der Waals surface area contributed by atoms with Gasteiger partial charge in [0.25, 0.3) is 11.5 Å². The Balaban J connectivity index is 1.81. The van der Waals surface area contributed by atoms with Crippen molar-refractivity contribution in [2.24, 2.45) is 5.10 Å². The average Bonchev–Trinajstić information content (AvgIpc) is 3.06. The first-order valence-electron chi connectivity index (χ1n) is 8.79. The minimum atomic E-state index is -0.296. The molecule has 0 aliphatic carbocycles. The summed E-state index contributed by atoms with van der Waals surface area (Å²) in [6.07, 6.45) is 0. The molecule has 5 rings (SSSR count). The Morgan fingerprint density at radius 1 is 0.786 bits per heavy atom. The molecular formula is C22H14N4O2. The van der Waals surface area contributed by atoms with Crippen molar-refractivity contribution in [1.29, 1.82) is 0 Å². The molecule has 1 aliphatic rings. The second-order valence-electron chi connectivity index (χ2n) is 6.38. The fourth-order valence-electron chi connectivity index (χ4n) is 3.30. The Hall–Kier alpha value is -4.06. The lowest BCUT2D eigenvalue weighted by molar-refractivity contribution is 0.0983. The largest absolute Gasteiger partial charge is 0.305 e. The smallest absolute Gasteiger partial charge is 0.282 e. The van der Waals surface area contributed by atoms with Crippen LogP contribution in [0.2, 0.25) is 0 Å². The van der Waals surface area contributed by atoms with Crippen LogP contribution >= 0.6 is 0 Å². The molecule has 0 saturated carbocycles. The van der Waals surface area contributed by atoms with E-state index in [0.29, 0.717) is 33.7 Å². The van der Waals surface area contributed by atoms with Crippen LogP contribution < -0.4 is 10.9 Å². The zero-order valence-corrected chi connectivity index (χ0v) is 14.7. The summed E-state index contributed by atoms with van der Waals surface area (Å²) in [7, 11) is 0. The van der Waals surface area contributed by atoms with Gasteiger partial charge in [0.1, 0.15) is 0 Å². The van der Waals surface area contributed by atoms with E-state index in [1.165, 1.54) is 4.68 Å². The first-order chi connectivity index (χ1) is 13.7. The number of carbonyl (C=O) groups is 1. The molecule has 0 bridgehead atoms. The lowest BCUT2D eigenvalue weighted by atomic mass is 10.1. The molecule has 1 N–H and O–H groups in total. The highest BCUT2D eigenvalue weighted by atomic mass is 16.2. The molecule has 134 valence electrons. The van der Waals surface area contributed by atoms with E-state index in [0.717, 1.165) is 5.56 Å². The molecule has 1 amide bonds. The van der Waals surface area contributed by atoms with Gasteiger partial charge in [-0.25, -0.2) is 4.98 Å². The van der Waals surface area contributed by atoms with E-state index in [-0.39, 0.29) is 11.5 Å². The third kappa shape index (κ3) is 2.51. The minimum Gasteiger partial charge on any atom is -0.305 e. The van der Waals surface area contributed by atoms with Crippen LogP contribution in [0.5, 0.6) is 0 Å². The summed E-state index contributed by atoms with van der Waals surface area (Å²) in [5.74, 6) is 0.504. The Morgan fingerprint density at radius 2 is 1.46 bits per heavy atom. The van der Waals surface area contributed by atoms with Gasteiger partial charge in [0.2, 0.25) is 0 Å². The summed E-state index contributed by atoms with van der Waals surface area (Å²) >= 11 is 0. The summed E-state index contributed by atoms with van der Waals surface area (Å²) in [6, 6.07) is 23.7. The number of carbonyl (C=O) groups excluding carboxylic acids is 1. The number of fused-ring (bicyclic) bond motifs is 2. The Morgan fingerprint density at radius 3 is 2.29 bits per heavy atom. The van der Waals surface area contributed by atoms with Crippen LogP contribution in [0.3, 0.4) is 0 Å². The van der Waals surface area contributed by atoms with Crippen molar-refractivity contribution in [2.45, 2.75) is 0 Å². The maximum absolute atomic E-state index is 13.2. The Labute approximate surface area is 159 Å². The van der Waals surface area contributed by atoms with E-state index in [2.05, 4.69) is 15.4 Å². The monoisotopic (exact) mass is 366 g/mol. The molecule has 4 aromatic rings. The van der Waals surface area contributed by atoms with Gasteiger partial charge in [-0.2, -0.15) is 4.68 Å². The van der Waals surface area contributed by atoms with Crippen LogP contribution in [0.15, 0.2) is 88.8 Å². The Bertz CT molecular complexity index is 1320. The Kier molecular flexibility index (Phi) is 3.62. The van der Waals surface area contributed by atoms with E-state index < -0.39 is 0 Å². The van der Waals surface area contributed by atoms with E-state index in [1.807, 2.05) is 42.5 Å². The maximum atomic E-state index is 13.2. The van der Waals surface area contributed by atoms with E-state index in [1.54, 1.807) is 36.4 Å². The van der Waals surface area contributed by atoms with Crippen molar-refractivity contribution in [3.05, 3.63) is 100 Å². The number of nitrogens with one attached hydrogen (secondary N) is 1. The summed E-state index contributed by atoms with van der Waals surface area (Å²) < 4.78 is 1.26. The van der Waals surface area contributed by atoms with Crippen LogP contribution in [0.25, 0.3) is 22.3 Å². The highest BCUT2D eigenvalue weighted by Gasteiger charge is 2.25. The second-order valence-corrected chi connectivity index (χ2v) is 6.38. The maximum Gasteiger partial charge on any atom is 0.282 e. The summed E-state index contributed by atoms with van der Waals surface area (Å²) in [5.41, 5.74) is 2.25. The van der Waals surface area contributed by atoms with Gasteiger partial charge < -0.3 is 5.32 Å². The van der Waals surface area contributed by atoms with Crippen LogP contribution in [0.1, 0.15) is 15.9 Å². The summed E-state index contributed by atoms with van der Waals surface area (Å²) in [4.78, 5) is 30.1. The fraction of sp³-hybridized carbons (Fsp3) is 0. The van der Waals surface area contributed by atoms with Gasteiger partial charge in [-0.15, -0.1) is 5.10 Å². The van der Waals surface area contributed by atoms with Crippen LogP contribution in [-0.2, 0) is 0 Å². The zero-order valence-electron chi connectivity index (χ0n) is 14.7. The zero-order chi connectivity index (χ0) is 19.1. The molecule has 0 atom stereocenters. The molecule has 0 fully saturated rings. The topological polar surface area (TPSA) is 76.3 Å². The molecule has 2 heterocycles. The molecule has 6 heteroatoms. The predicted molar refractivity (Wildman–Crippen MR) is 107 cm³/mol. The molecule has 0 radical (unpaired) electrons. The fourth-order valence-corrected chi connectivity index (χ4v) is 3.30. The van der Waals surface area contributed by atoms with Gasteiger partial charge in [-0.3, -0.25) is 9.59 Å². The van der Waals surface area contributed by atoms with Gasteiger partial charge >= 0.3 is 0 Å². The third-order valence-electron chi connectivity index (χ3n) is 4.64. The molecule has 6 nitrogen and oxygen atoms in total. The third-order valence-corrected chi connectivity index (χ3v) is 4.64. The molecular weight excluding hydrogens is 352 g/mol. The molecule has 1 aromatic heterocycles. The van der Waals surface area contributed by atoms with E-state index >= 15 is 0 Å². The van der Waals surface area contributed by atoms with Gasteiger partial charge in [0, 0.05) is 11.1 Å². The van der Waals surface area contributed by atoms with Crippen LogP contribution in [0, 0.1) is 0 Å². The van der Waals surface area contributed by atoms with Crippen molar-refractivity contribution in [3.8, 4) is 11.4 Å². The number of nitrogens with zero attached hydrogens (tertiary/aromatic N) is 3. The number of amidine groups is 1. The number of aromatic nitrogens is 2. The number of amides is 1. The van der Waals surface area contributed by atoms with Crippen molar-refractivity contribution in [2.75, 3.05) is 0 Å². The standard InChI is InChI=1S/C22H14N4O2/c27-21-16-11-5-4-10-15(16)19(24-21)25-26-20(14-8-2-1-3-9-14)23-18-13-7-6-12-17(18)22(26)28/h1-13H,(H,24,25,27). The molecule has 3 aromatic carbocycles. The lowest BCUT2D eigenvalue weighted by Gasteiger charge is -2.10. The van der Waals surface area contributed by atoms with Crippen LogP contribution in [-0.4, -0.2) is 21.4 Å². The second kappa shape index (κ2) is 6.28. The van der Waals surface area contributed by atoms with Gasteiger partial charge in [-0.1, -0.05) is 60.7 Å². The molecule has 0 saturated heterocycles. The highest BCUT2D eigenvalue weighted by Crippen LogP contribution is 2.20. The minimum absolute atomic E-state index is 0.239. The molecule has 0 spiro atoms. The van der Waals surface area contributed by atoms with Crippen molar-refractivity contribution >= 4 is 22.6 Å². The number of hydrogen-bond donors (Lipinski definition) is 1. The number of rotatable bonds is 2. The average molecular weight is 366 g/mol. The van der Waals surface area contributed by atoms with Crippen molar-refractivity contribution in [3.63, 3.8) is 0 Å². The van der Waals surface area contributed by atoms with Crippen LogP contribution in [0.4, 0.5) is 0 Å².